The lowest BCUT2D eigenvalue weighted by Crippen LogP contribution is -2.00. The zero-order valence-electron chi connectivity index (χ0n) is 8.22. The summed E-state index contributed by atoms with van der Waals surface area (Å²) in [5, 5.41) is 2.66. The van der Waals surface area contributed by atoms with Gasteiger partial charge in [-0.25, -0.2) is 18.7 Å². The molecule has 0 radical (unpaired) electrons. The molecule has 7 heteroatoms. The largest absolute Gasteiger partial charge is 0.336 e. The van der Waals surface area contributed by atoms with Crippen molar-refractivity contribution in [3.05, 3.63) is 44.9 Å². The Labute approximate surface area is 114 Å². The molecule has 0 bridgehead atoms. The van der Waals surface area contributed by atoms with E-state index in [0.29, 0.717) is 9.39 Å². The summed E-state index contributed by atoms with van der Waals surface area (Å²) >= 11 is 7.74. The summed E-state index contributed by atoms with van der Waals surface area (Å²) < 4.78 is 27.0. The lowest BCUT2D eigenvalue weighted by Gasteiger charge is -2.09. The molecule has 0 amide bonds. The van der Waals surface area contributed by atoms with Crippen molar-refractivity contribution in [2.45, 2.75) is 0 Å². The molecule has 88 valence electrons. The van der Waals surface area contributed by atoms with Crippen molar-refractivity contribution in [1.82, 2.24) is 9.97 Å². The first-order chi connectivity index (χ1) is 8.08. The van der Waals surface area contributed by atoms with Crippen LogP contribution in [-0.4, -0.2) is 9.97 Å². The maximum Gasteiger partial charge on any atom is 0.151 e. The fourth-order valence-electron chi connectivity index (χ4n) is 1.18. The topological polar surface area (TPSA) is 37.8 Å². The molecular weight excluding hydrogens is 362 g/mol. The summed E-state index contributed by atoms with van der Waals surface area (Å²) in [5.74, 6) is -1.09. The van der Waals surface area contributed by atoms with Crippen molar-refractivity contribution >= 4 is 45.7 Å². The average molecular weight is 368 g/mol. The predicted octanol–water partition coefficient (Wildman–Crippen LogP) is 3.76. The Balaban J connectivity index is 2.40. The Morgan fingerprint density at radius 2 is 2.06 bits per heavy atom. The minimum Gasteiger partial charge on any atom is -0.336 e. The first-order valence-electron chi connectivity index (χ1n) is 4.45. The van der Waals surface area contributed by atoms with Crippen molar-refractivity contribution < 1.29 is 8.78 Å². The normalized spacial score (nSPS) is 10.4. The van der Waals surface area contributed by atoms with Gasteiger partial charge in [0.05, 0.1) is 14.3 Å². The molecule has 3 nitrogen and oxygen atoms in total. The van der Waals surface area contributed by atoms with Gasteiger partial charge in [0.2, 0.25) is 0 Å². The third kappa shape index (κ3) is 2.81. The SMILES string of the molecule is Fc1cc(F)c(Nc2ncncc2I)c(Cl)c1. The Morgan fingerprint density at radius 1 is 1.29 bits per heavy atom. The minimum absolute atomic E-state index is 0.00955. The second kappa shape index (κ2) is 5.09. The summed E-state index contributed by atoms with van der Waals surface area (Å²) in [4.78, 5) is 7.73. The van der Waals surface area contributed by atoms with Gasteiger partial charge in [-0.05, 0) is 28.7 Å². The molecule has 1 aromatic heterocycles. The van der Waals surface area contributed by atoms with E-state index in [2.05, 4.69) is 15.3 Å². The van der Waals surface area contributed by atoms with Crippen molar-refractivity contribution in [2.24, 2.45) is 0 Å². The molecule has 0 saturated carbocycles. The smallest absolute Gasteiger partial charge is 0.151 e. The number of aromatic nitrogens is 2. The van der Waals surface area contributed by atoms with Crippen molar-refractivity contribution in [2.75, 3.05) is 5.32 Å². The molecule has 0 spiro atoms. The number of halogens is 4. The van der Waals surface area contributed by atoms with E-state index in [0.717, 1.165) is 12.1 Å². The maximum atomic E-state index is 13.5. The number of benzene rings is 1. The van der Waals surface area contributed by atoms with E-state index >= 15 is 0 Å². The van der Waals surface area contributed by atoms with E-state index in [1.54, 1.807) is 6.20 Å². The van der Waals surface area contributed by atoms with Crippen LogP contribution in [-0.2, 0) is 0 Å². The van der Waals surface area contributed by atoms with Crippen LogP contribution in [0.2, 0.25) is 5.02 Å². The first kappa shape index (κ1) is 12.4. The van der Waals surface area contributed by atoms with E-state index in [-0.39, 0.29) is 10.7 Å². The molecule has 1 aromatic carbocycles. The fraction of sp³-hybridized carbons (Fsp3) is 0. The third-order valence-electron chi connectivity index (χ3n) is 1.92. The van der Waals surface area contributed by atoms with Crippen LogP contribution < -0.4 is 5.32 Å². The molecule has 0 aliphatic carbocycles. The monoisotopic (exact) mass is 367 g/mol. The van der Waals surface area contributed by atoms with E-state index in [4.69, 9.17) is 11.6 Å². The van der Waals surface area contributed by atoms with E-state index in [1.807, 2.05) is 22.6 Å². The predicted molar refractivity (Wildman–Crippen MR) is 69.4 cm³/mol. The highest BCUT2D eigenvalue weighted by atomic mass is 127. The Morgan fingerprint density at radius 3 is 2.71 bits per heavy atom. The highest BCUT2D eigenvalue weighted by molar-refractivity contribution is 14.1. The number of hydrogen-bond donors (Lipinski definition) is 1. The van der Waals surface area contributed by atoms with Gasteiger partial charge in [-0.2, -0.15) is 0 Å². The van der Waals surface area contributed by atoms with Gasteiger partial charge in [0.1, 0.15) is 18.0 Å². The summed E-state index contributed by atoms with van der Waals surface area (Å²) in [6.07, 6.45) is 2.88. The van der Waals surface area contributed by atoms with Crippen LogP contribution in [0.5, 0.6) is 0 Å². The quantitative estimate of drug-likeness (QED) is 0.822. The standard InChI is InChI=1S/C10H5ClF2IN3/c11-6-1-5(12)2-7(13)9(6)17-10-8(14)3-15-4-16-10/h1-4H,(H,15,16,17). The van der Waals surface area contributed by atoms with Crippen LogP contribution in [0, 0.1) is 15.2 Å². The molecule has 0 fully saturated rings. The van der Waals surface area contributed by atoms with Gasteiger partial charge >= 0.3 is 0 Å². The van der Waals surface area contributed by atoms with Gasteiger partial charge in [0.25, 0.3) is 0 Å². The molecule has 0 unspecified atom stereocenters. The van der Waals surface area contributed by atoms with Crippen LogP contribution in [0.4, 0.5) is 20.3 Å². The summed E-state index contributed by atoms with van der Waals surface area (Å²) in [6, 6.07) is 1.78. The van der Waals surface area contributed by atoms with Gasteiger partial charge in [-0.15, -0.1) is 0 Å². The summed E-state index contributed by atoms with van der Waals surface area (Å²) in [7, 11) is 0. The van der Waals surface area contributed by atoms with Gasteiger partial charge < -0.3 is 5.32 Å². The molecule has 2 aromatic rings. The van der Waals surface area contributed by atoms with Gasteiger partial charge in [0.15, 0.2) is 5.82 Å². The molecule has 0 aliphatic heterocycles. The van der Waals surface area contributed by atoms with Crippen LogP contribution in [0.3, 0.4) is 0 Å². The van der Waals surface area contributed by atoms with Gasteiger partial charge in [0, 0.05) is 12.3 Å². The molecule has 2 rings (SSSR count). The van der Waals surface area contributed by atoms with Crippen molar-refractivity contribution in [3.8, 4) is 0 Å². The van der Waals surface area contributed by atoms with E-state index < -0.39 is 11.6 Å². The Kier molecular flexibility index (Phi) is 3.72. The maximum absolute atomic E-state index is 13.5. The molecule has 0 atom stereocenters. The van der Waals surface area contributed by atoms with Crippen molar-refractivity contribution in [1.29, 1.82) is 0 Å². The van der Waals surface area contributed by atoms with Crippen LogP contribution >= 0.6 is 34.2 Å². The van der Waals surface area contributed by atoms with E-state index in [9.17, 15) is 8.78 Å². The zero-order chi connectivity index (χ0) is 12.4. The van der Waals surface area contributed by atoms with Crippen LogP contribution in [0.1, 0.15) is 0 Å². The number of rotatable bonds is 2. The number of nitrogens with one attached hydrogen (secondary N) is 1. The van der Waals surface area contributed by atoms with Crippen molar-refractivity contribution in [3.63, 3.8) is 0 Å². The molecule has 0 aliphatic rings. The number of anilines is 2. The molecular formula is C10H5ClF2IN3. The third-order valence-corrected chi connectivity index (χ3v) is 3.01. The van der Waals surface area contributed by atoms with Crippen LogP contribution in [0.25, 0.3) is 0 Å². The van der Waals surface area contributed by atoms with Gasteiger partial charge in [-0.1, -0.05) is 11.6 Å². The molecule has 1 N–H and O–H groups in total. The molecule has 17 heavy (non-hydrogen) atoms. The average Bonchev–Trinajstić information content (AvgIpc) is 2.25. The van der Waals surface area contributed by atoms with Crippen LogP contribution in [0.15, 0.2) is 24.7 Å². The first-order valence-corrected chi connectivity index (χ1v) is 5.90. The van der Waals surface area contributed by atoms with E-state index in [1.165, 1.54) is 6.33 Å². The number of hydrogen-bond acceptors (Lipinski definition) is 3. The minimum atomic E-state index is -0.774. The summed E-state index contributed by atoms with van der Waals surface area (Å²) in [5.41, 5.74) is -0.00955. The fourth-order valence-corrected chi connectivity index (χ4v) is 1.86. The molecule has 1 heterocycles. The van der Waals surface area contributed by atoms with Gasteiger partial charge in [-0.3, -0.25) is 0 Å². The molecule has 0 saturated heterocycles. The summed E-state index contributed by atoms with van der Waals surface area (Å²) in [6.45, 7) is 0. The Hall–Kier alpha value is -1.02. The lowest BCUT2D eigenvalue weighted by atomic mass is 10.3. The second-order valence-corrected chi connectivity index (χ2v) is 4.66. The highest BCUT2D eigenvalue weighted by Crippen LogP contribution is 2.29. The lowest BCUT2D eigenvalue weighted by molar-refractivity contribution is 0.586. The number of nitrogens with zero attached hydrogens (tertiary/aromatic N) is 2. The second-order valence-electron chi connectivity index (χ2n) is 3.09. The Bertz CT molecular complexity index is 542. The highest BCUT2D eigenvalue weighted by Gasteiger charge is 2.12. The zero-order valence-corrected chi connectivity index (χ0v) is 11.1.